The molecule has 0 aliphatic rings. The third-order valence-corrected chi connectivity index (χ3v) is 3.83. The van der Waals surface area contributed by atoms with Crippen molar-refractivity contribution in [1.82, 2.24) is 10.3 Å². The number of nitrogens with one attached hydrogen (secondary N) is 1. The Morgan fingerprint density at radius 1 is 1.42 bits per heavy atom. The normalized spacial score (nSPS) is 13.9. The van der Waals surface area contributed by atoms with Gasteiger partial charge in [0.05, 0.1) is 18.2 Å². The molecule has 0 saturated heterocycles. The minimum atomic E-state index is -0.806. The van der Waals surface area contributed by atoms with E-state index >= 15 is 0 Å². The van der Waals surface area contributed by atoms with Crippen molar-refractivity contribution in [1.29, 1.82) is 0 Å². The second-order valence-electron chi connectivity index (χ2n) is 4.31. The van der Waals surface area contributed by atoms with Crippen LogP contribution in [-0.4, -0.2) is 16.1 Å². The average molecular weight is 276 g/mol. The number of aliphatic carboxylic acids is 1. The van der Waals surface area contributed by atoms with E-state index in [1.54, 1.807) is 17.5 Å². The van der Waals surface area contributed by atoms with Crippen LogP contribution in [0.5, 0.6) is 0 Å². The van der Waals surface area contributed by atoms with E-state index in [2.05, 4.69) is 10.3 Å². The maximum atomic E-state index is 11.0. The quantitative estimate of drug-likeness (QED) is 0.851. The van der Waals surface area contributed by atoms with E-state index in [1.807, 2.05) is 42.6 Å². The van der Waals surface area contributed by atoms with Crippen LogP contribution in [0.25, 0.3) is 0 Å². The van der Waals surface area contributed by atoms with Gasteiger partial charge >= 0.3 is 5.97 Å². The van der Waals surface area contributed by atoms with Gasteiger partial charge < -0.3 is 10.4 Å². The molecule has 2 aromatic heterocycles. The molecule has 2 atom stereocenters. The van der Waals surface area contributed by atoms with Crippen molar-refractivity contribution >= 4 is 17.3 Å². The molecule has 5 heteroatoms. The monoisotopic (exact) mass is 276 g/mol. The Morgan fingerprint density at radius 2 is 2.26 bits per heavy atom. The smallest absolute Gasteiger partial charge is 0.305 e. The van der Waals surface area contributed by atoms with Crippen LogP contribution in [0.2, 0.25) is 0 Å². The minimum Gasteiger partial charge on any atom is -0.481 e. The number of nitrogens with zero attached hydrogens (tertiary/aromatic N) is 1. The lowest BCUT2D eigenvalue weighted by molar-refractivity contribution is -0.137. The summed E-state index contributed by atoms with van der Waals surface area (Å²) in [6, 6.07) is 9.44. The lowest BCUT2D eigenvalue weighted by Crippen LogP contribution is -2.26. The van der Waals surface area contributed by atoms with E-state index in [4.69, 9.17) is 5.11 Å². The van der Waals surface area contributed by atoms with Gasteiger partial charge in [0.25, 0.3) is 0 Å². The van der Waals surface area contributed by atoms with Crippen LogP contribution in [0.15, 0.2) is 41.9 Å². The van der Waals surface area contributed by atoms with E-state index in [9.17, 15) is 4.79 Å². The molecule has 0 bridgehead atoms. The molecule has 2 rings (SSSR count). The highest BCUT2D eigenvalue weighted by Crippen LogP contribution is 2.25. The van der Waals surface area contributed by atoms with E-state index < -0.39 is 5.97 Å². The fraction of sp³-hybridized carbons (Fsp3) is 0.286. The van der Waals surface area contributed by atoms with E-state index in [1.165, 1.54) is 0 Å². The summed E-state index contributed by atoms with van der Waals surface area (Å²) in [6.07, 6.45) is 1.81. The Balaban J connectivity index is 2.10. The van der Waals surface area contributed by atoms with Gasteiger partial charge in [0.1, 0.15) is 0 Å². The van der Waals surface area contributed by atoms with Gasteiger partial charge in [-0.1, -0.05) is 12.1 Å². The molecule has 2 N–H and O–H groups in total. The molecule has 100 valence electrons. The van der Waals surface area contributed by atoms with E-state index in [-0.39, 0.29) is 18.5 Å². The molecular weight excluding hydrogens is 260 g/mol. The maximum Gasteiger partial charge on any atom is 0.305 e. The SMILES string of the molecule is CC(NC(CC(=O)O)c1cccs1)c1ccccn1. The summed E-state index contributed by atoms with van der Waals surface area (Å²) in [5.74, 6) is -0.806. The number of aromatic nitrogens is 1. The van der Waals surface area contributed by atoms with Crippen LogP contribution in [0.4, 0.5) is 0 Å². The van der Waals surface area contributed by atoms with Crippen LogP contribution in [-0.2, 0) is 4.79 Å². The third kappa shape index (κ3) is 3.87. The second-order valence-corrected chi connectivity index (χ2v) is 5.29. The Labute approximate surface area is 116 Å². The van der Waals surface area contributed by atoms with Gasteiger partial charge in [-0.15, -0.1) is 11.3 Å². The van der Waals surface area contributed by atoms with Gasteiger partial charge in [-0.2, -0.15) is 0 Å². The molecule has 0 aliphatic heterocycles. The van der Waals surface area contributed by atoms with Crippen molar-refractivity contribution in [3.63, 3.8) is 0 Å². The van der Waals surface area contributed by atoms with Crippen LogP contribution in [0.3, 0.4) is 0 Å². The zero-order valence-corrected chi connectivity index (χ0v) is 11.4. The number of hydrogen-bond acceptors (Lipinski definition) is 4. The Morgan fingerprint density at radius 3 is 2.84 bits per heavy atom. The topological polar surface area (TPSA) is 62.2 Å². The average Bonchev–Trinajstić information content (AvgIpc) is 2.92. The van der Waals surface area contributed by atoms with Crippen molar-refractivity contribution in [3.05, 3.63) is 52.5 Å². The molecule has 0 aliphatic carbocycles. The molecule has 0 saturated carbocycles. The molecule has 2 heterocycles. The molecule has 4 nitrogen and oxygen atoms in total. The van der Waals surface area contributed by atoms with Gasteiger partial charge in [0, 0.05) is 17.1 Å². The summed E-state index contributed by atoms with van der Waals surface area (Å²) in [5.41, 5.74) is 0.912. The first-order valence-corrected chi connectivity index (χ1v) is 6.97. The Hall–Kier alpha value is -1.72. The first-order valence-electron chi connectivity index (χ1n) is 6.09. The van der Waals surface area contributed by atoms with Crippen LogP contribution >= 0.6 is 11.3 Å². The second kappa shape index (κ2) is 6.45. The highest BCUT2D eigenvalue weighted by molar-refractivity contribution is 7.10. The lowest BCUT2D eigenvalue weighted by Gasteiger charge is -2.21. The zero-order valence-electron chi connectivity index (χ0n) is 10.6. The van der Waals surface area contributed by atoms with Gasteiger partial charge in [-0.05, 0) is 30.5 Å². The summed E-state index contributed by atoms with van der Waals surface area (Å²) in [7, 11) is 0. The molecule has 0 fully saturated rings. The number of rotatable bonds is 6. The van der Waals surface area contributed by atoms with Crippen molar-refractivity contribution in [2.45, 2.75) is 25.4 Å². The molecule has 0 radical (unpaired) electrons. The van der Waals surface area contributed by atoms with Gasteiger partial charge in [-0.3, -0.25) is 9.78 Å². The fourth-order valence-electron chi connectivity index (χ4n) is 1.93. The van der Waals surface area contributed by atoms with Crippen LogP contribution in [0, 0.1) is 0 Å². The van der Waals surface area contributed by atoms with Crippen LogP contribution < -0.4 is 5.32 Å². The van der Waals surface area contributed by atoms with Crippen LogP contribution in [0.1, 0.15) is 36.0 Å². The van der Waals surface area contributed by atoms with E-state index in [0.29, 0.717) is 0 Å². The molecule has 0 aromatic carbocycles. The predicted molar refractivity (Wildman–Crippen MR) is 75.1 cm³/mol. The number of carbonyl (C=O) groups is 1. The van der Waals surface area contributed by atoms with Crippen molar-refractivity contribution in [2.24, 2.45) is 0 Å². The number of thiophene rings is 1. The molecular formula is C14H16N2O2S. The Kier molecular flexibility index (Phi) is 4.65. The molecule has 2 unspecified atom stereocenters. The first kappa shape index (κ1) is 13.7. The van der Waals surface area contributed by atoms with Crippen molar-refractivity contribution in [3.8, 4) is 0 Å². The summed E-state index contributed by atoms with van der Waals surface area (Å²) in [6.45, 7) is 1.99. The van der Waals surface area contributed by atoms with E-state index in [0.717, 1.165) is 10.6 Å². The summed E-state index contributed by atoms with van der Waals surface area (Å²) in [4.78, 5) is 16.3. The summed E-state index contributed by atoms with van der Waals surface area (Å²) in [5, 5.41) is 14.3. The Bertz CT molecular complexity index is 514. The molecule has 19 heavy (non-hydrogen) atoms. The number of carboxylic acids is 1. The molecule has 2 aromatic rings. The molecule has 0 spiro atoms. The van der Waals surface area contributed by atoms with Crippen molar-refractivity contribution in [2.75, 3.05) is 0 Å². The minimum absolute atomic E-state index is 0.00708. The number of hydrogen-bond donors (Lipinski definition) is 2. The highest BCUT2D eigenvalue weighted by atomic mass is 32.1. The van der Waals surface area contributed by atoms with Gasteiger partial charge in [-0.25, -0.2) is 0 Å². The third-order valence-electron chi connectivity index (χ3n) is 2.85. The number of carboxylic acid groups (broad SMARTS) is 1. The van der Waals surface area contributed by atoms with Gasteiger partial charge in [0.2, 0.25) is 0 Å². The van der Waals surface area contributed by atoms with Gasteiger partial charge in [0.15, 0.2) is 0 Å². The highest BCUT2D eigenvalue weighted by Gasteiger charge is 2.19. The van der Waals surface area contributed by atoms with Crippen molar-refractivity contribution < 1.29 is 9.90 Å². The predicted octanol–water partition coefficient (Wildman–Crippen LogP) is 3.01. The number of pyridine rings is 1. The largest absolute Gasteiger partial charge is 0.481 e. The molecule has 0 amide bonds. The maximum absolute atomic E-state index is 11.0. The summed E-state index contributed by atoms with van der Waals surface area (Å²) >= 11 is 1.56. The standard InChI is InChI=1S/C14H16N2O2S/c1-10(11-5-2-3-7-15-11)16-12(9-14(17)18)13-6-4-8-19-13/h2-8,10,12,16H,9H2,1H3,(H,17,18). The fourth-order valence-corrected chi connectivity index (χ4v) is 2.71. The lowest BCUT2D eigenvalue weighted by atomic mass is 10.1. The zero-order chi connectivity index (χ0) is 13.7. The summed E-state index contributed by atoms with van der Waals surface area (Å²) < 4.78 is 0. The first-order chi connectivity index (χ1) is 9.16.